The summed E-state index contributed by atoms with van der Waals surface area (Å²) in [5.74, 6) is -2.59. The van der Waals surface area contributed by atoms with Crippen LogP contribution in [-0.2, 0) is 25.6 Å². The van der Waals surface area contributed by atoms with Crippen LogP contribution in [0.3, 0.4) is 0 Å². The van der Waals surface area contributed by atoms with E-state index < -0.39 is 47.9 Å². The number of hydrogen-bond donors (Lipinski definition) is 7. The average molecular weight is 552 g/mol. The van der Waals surface area contributed by atoms with E-state index in [-0.39, 0.29) is 18.1 Å². The third kappa shape index (κ3) is 8.68. The molecule has 0 saturated carbocycles. The standard InChI is InChI=1S/C25H37N5O5S2/c1-4-14(2)21(25(34)35)30-23(32)19(9-10-37-3)28-24(33)20(13-36)29-22(31)17(26)11-15-12-27-18-8-6-5-7-16(15)18/h5-8,12,14,17,19-21,27,36H,4,9-11,13,26H2,1-3H3,(H,28,33)(H,29,31)(H,30,32)(H,34,35). The van der Waals surface area contributed by atoms with E-state index in [9.17, 15) is 24.3 Å². The van der Waals surface area contributed by atoms with Crippen molar-refractivity contribution < 1.29 is 24.3 Å². The van der Waals surface area contributed by atoms with Gasteiger partial charge in [0.25, 0.3) is 0 Å². The van der Waals surface area contributed by atoms with E-state index in [0.717, 1.165) is 16.5 Å². The van der Waals surface area contributed by atoms with Gasteiger partial charge in [-0.05, 0) is 42.4 Å². The Morgan fingerprint density at radius 1 is 1.08 bits per heavy atom. The minimum absolute atomic E-state index is 0.0150. The highest BCUT2D eigenvalue weighted by Crippen LogP contribution is 2.19. The fourth-order valence-electron chi connectivity index (χ4n) is 3.82. The number of thioether (sulfide) groups is 1. The summed E-state index contributed by atoms with van der Waals surface area (Å²) in [6.45, 7) is 3.57. The molecule has 2 aromatic rings. The molecule has 204 valence electrons. The predicted octanol–water partition coefficient (Wildman–Crippen LogP) is 1.31. The molecule has 1 heterocycles. The number of benzene rings is 1. The third-order valence-corrected chi connectivity index (χ3v) is 7.30. The lowest BCUT2D eigenvalue weighted by Gasteiger charge is -2.26. The second-order valence-corrected chi connectivity index (χ2v) is 10.3. The first-order valence-corrected chi connectivity index (χ1v) is 14.2. The minimum Gasteiger partial charge on any atom is -0.480 e. The summed E-state index contributed by atoms with van der Waals surface area (Å²) < 4.78 is 0. The number of nitrogens with two attached hydrogens (primary N) is 1. The van der Waals surface area contributed by atoms with Gasteiger partial charge in [0.05, 0.1) is 6.04 Å². The maximum absolute atomic E-state index is 13.0. The van der Waals surface area contributed by atoms with E-state index in [1.807, 2.05) is 37.4 Å². The summed E-state index contributed by atoms with van der Waals surface area (Å²) in [6.07, 6.45) is 4.79. The first-order chi connectivity index (χ1) is 17.6. The molecule has 0 aliphatic rings. The Morgan fingerprint density at radius 3 is 2.35 bits per heavy atom. The van der Waals surface area contributed by atoms with Crippen LogP contribution in [0.2, 0.25) is 0 Å². The monoisotopic (exact) mass is 551 g/mol. The maximum Gasteiger partial charge on any atom is 0.326 e. The Labute approximate surface area is 226 Å². The largest absolute Gasteiger partial charge is 0.480 e. The highest BCUT2D eigenvalue weighted by molar-refractivity contribution is 7.98. The summed E-state index contributed by atoms with van der Waals surface area (Å²) in [5, 5.41) is 18.3. The molecule has 12 heteroatoms. The lowest BCUT2D eigenvalue weighted by atomic mass is 9.98. The van der Waals surface area contributed by atoms with Crippen LogP contribution in [0.5, 0.6) is 0 Å². The van der Waals surface area contributed by atoms with Gasteiger partial charge >= 0.3 is 5.97 Å². The molecule has 1 aromatic heterocycles. The number of thiol groups is 1. The molecule has 0 saturated heterocycles. The molecular formula is C25H37N5O5S2. The van der Waals surface area contributed by atoms with Crippen LogP contribution in [0.1, 0.15) is 32.3 Å². The summed E-state index contributed by atoms with van der Waals surface area (Å²) in [4.78, 5) is 53.5. The van der Waals surface area contributed by atoms with Gasteiger partial charge in [0.15, 0.2) is 0 Å². The number of aliphatic carboxylic acids is 1. The van der Waals surface area contributed by atoms with Gasteiger partial charge in [0.2, 0.25) is 17.7 Å². The average Bonchev–Trinajstić information content (AvgIpc) is 3.29. The zero-order valence-electron chi connectivity index (χ0n) is 21.3. The number of aromatic amines is 1. The van der Waals surface area contributed by atoms with Crippen molar-refractivity contribution in [3.63, 3.8) is 0 Å². The molecule has 0 bridgehead atoms. The third-order valence-electron chi connectivity index (χ3n) is 6.29. The van der Waals surface area contributed by atoms with Gasteiger partial charge in [-0.15, -0.1) is 0 Å². The van der Waals surface area contributed by atoms with Gasteiger partial charge in [0, 0.05) is 22.9 Å². The van der Waals surface area contributed by atoms with E-state index in [1.54, 1.807) is 13.1 Å². The number of carbonyl (C=O) groups is 4. The Balaban J connectivity index is 2.04. The molecule has 0 aliphatic heterocycles. The number of hydrogen-bond acceptors (Lipinski definition) is 7. The Bertz CT molecular complexity index is 1080. The van der Waals surface area contributed by atoms with Crippen molar-refractivity contribution in [2.24, 2.45) is 11.7 Å². The highest BCUT2D eigenvalue weighted by Gasteiger charge is 2.31. The smallest absolute Gasteiger partial charge is 0.326 e. The van der Waals surface area contributed by atoms with E-state index >= 15 is 0 Å². The molecule has 0 radical (unpaired) electrons. The van der Waals surface area contributed by atoms with E-state index in [4.69, 9.17) is 5.73 Å². The molecule has 2 rings (SSSR count). The van der Waals surface area contributed by atoms with Gasteiger partial charge in [-0.3, -0.25) is 14.4 Å². The van der Waals surface area contributed by atoms with Crippen molar-refractivity contribution in [1.82, 2.24) is 20.9 Å². The number of amides is 3. The van der Waals surface area contributed by atoms with Gasteiger partial charge in [-0.1, -0.05) is 38.5 Å². The second-order valence-electron chi connectivity index (χ2n) is 8.97. The molecule has 0 spiro atoms. The lowest BCUT2D eigenvalue weighted by molar-refractivity contribution is -0.143. The first kappa shape index (κ1) is 30.5. The molecule has 0 fully saturated rings. The minimum atomic E-state index is -1.14. The Hall–Kier alpha value is -2.70. The van der Waals surface area contributed by atoms with Gasteiger partial charge in [-0.2, -0.15) is 24.4 Å². The van der Waals surface area contributed by atoms with Crippen LogP contribution in [0.15, 0.2) is 30.5 Å². The van der Waals surface area contributed by atoms with Crippen LogP contribution in [0.4, 0.5) is 0 Å². The molecule has 10 nitrogen and oxygen atoms in total. The summed E-state index contributed by atoms with van der Waals surface area (Å²) in [6, 6.07) is 3.69. The fourth-order valence-corrected chi connectivity index (χ4v) is 4.55. The van der Waals surface area contributed by atoms with Gasteiger partial charge < -0.3 is 31.8 Å². The molecule has 1 aromatic carbocycles. The number of para-hydroxylation sites is 1. The second kappa shape index (κ2) is 14.9. The van der Waals surface area contributed by atoms with Crippen LogP contribution >= 0.6 is 24.4 Å². The van der Waals surface area contributed by atoms with E-state index in [0.29, 0.717) is 18.6 Å². The van der Waals surface area contributed by atoms with Crippen LogP contribution in [0, 0.1) is 5.92 Å². The van der Waals surface area contributed by atoms with Crippen molar-refractivity contribution in [1.29, 1.82) is 0 Å². The first-order valence-electron chi connectivity index (χ1n) is 12.2. The number of rotatable bonds is 15. The van der Waals surface area contributed by atoms with Crippen molar-refractivity contribution in [3.8, 4) is 0 Å². The molecule has 0 aliphatic carbocycles. The summed E-state index contributed by atoms with van der Waals surface area (Å²) in [7, 11) is 0. The number of carbonyl (C=O) groups excluding carboxylic acids is 3. The summed E-state index contributed by atoms with van der Waals surface area (Å²) >= 11 is 5.69. The van der Waals surface area contributed by atoms with Crippen molar-refractivity contribution in [2.45, 2.75) is 57.3 Å². The maximum atomic E-state index is 13.0. The molecular weight excluding hydrogens is 514 g/mol. The van der Waals surface area contributed by atoms with Gasteiger partial charge in [0.1, 0.15) is 18.1 Å². The van der Waals surface area contributed by atoms with Crippen molar-refractivity contribution >= 4 is 59.0 Å². The topological polar surface area (TPSA) is 166 Å². The van der Waals surface area contributed by atoms with Crippen LogP contribution < -0.4 is 21.7 Å². The molecule has 7 N–H and O–H groups in total. The summed E-state index contributed by atoms with van der Waals surface area (Å²) in [5.41, 5.74) is 7.96. The van der Waals surface area contributed by atoms with E-state index in [1.165, 1.54) is 11.8 Å². The normalized spacial score (nSPS) is 15.3. The van der Waals surface area contributed by atoms with Crippen LogP contribution in [-0.4, -0.2) is 75.7 Å². The number of aromatic nitrogens is 1. The molecule has 37 heavy (non-hydrogen) atoms. The zero-order valence-corrected chi connectivity index (χ0v) is 23.0. The predicted molar refractivity (Wildman–Crippen MR) is 150 cm³/mol. The molecule has 5 unspecified atom stereocenters. The highest BCUT2D eigenvalue weighted by atomic mass is 32.2. The number of nitrogens with one attached hydrogen (secondary N) is 4. The number of H-pyrrole nitrogens is 1. The number of carboxylic acids is 1. The lowest BCUT2D eigenvalue weighted by Crippen LogP contribution is -2.58. The zero-order chi connectivity index (χ0) is 27.5. The SMILES string of the molecule is CCC(C)C(NC(=O)C(CCSC)NC(=O)C(CS)NC(=O)C(N)Cc1c[nH]c2ccccc12)C(=O)O. The van der Waals surface area contributed by atoms with E-state index in [2.05, 4.69) is 33.6 Å². The number of carboxylic acid groups (broad SMARTS) is 1. The molecule has 3 amide bonds. The Kier molecular flexibility index (Phi) is 12.3. The fraction of sp³-hybridized carbons (Fsp3) is 0.520. The molecule has 5 atom stereocenters. The van der Waals surface area contributed by atoms with Gasteiger partial charge in [-0.25, -0.2) is 4.79 Å². The quantitative estimate of drug-likeness (QED) is 0.164. The Morgan fingerprint density at radius 2 is 1.73 bits per heavy atom. The van der Waals surface area contributed by atoms with Crippen LogP contribution in [0.25, 0.3) is 10.9 Å². The van der Waals surface area contributed by atoms with Crippen molar-refractivity contribution in [3.05, 3.63) is 36.0 Å². The number of fused-ring (bicyclic) bond motifs is 1. The van der Waals surface area contributed by atoms with Crippen molar-refractivity contribution in [2.75, 3.05) is 17.8 Å².